The lowest BCUT2D eigenvalue weighted by Gasteiger charge is -2.42. The average Bonchev–Trinajstić information content (AvgIpc) is 3.38. The minimum atomic E-state index is -1.09. The van der Waals surface area contributed by atoms with Gasteiger partial charge in [0.05, 0.1) is 11.7 Å². The molecule has 0 aromatic heterocycles. The maximum absolute atomic E-state index is 11.4. The molecule has 2 aliphatic rings. The fourth-order valence-corrected chi connectivity index (χ4v) is 5.74. The summed E-state index contributed by atoms with van der Waals surface area (Å²) in [4.78, 5) is 2.25. The zero-order chi connectivity index (χ0) is 26.2. The van der Waals surface area contributed by atoms with E-state index in [4.69, 9.17) is 9.47 Å². The molecule has 194 valence electrons. The van der Waals surface area contributed by atoms with E-state index in [1.807, 2.05) is 116 Å². The Morgan fingerprint density at radius 1 is 0.684 bits per heavy atom. The van der Waals surface area contributed by atoms with Crippen LogP contribution < -0.4 is 9.47 Å². The second-order valence-corrected chi connectivity index (χ2v) is 10.4. The molecule has 2 aliphatic heterocycles. The van der Waals surface area contributed by atoms with E-state index in [1.165, 1.54) is 0 Å². The molecule has 0 amide bonds. The zero-order valence-electron chi connectivity index (χ0n) is 21.5. The molecule has 1 fully saturated rings. The molecule has 6 rings (SSSR count). The van der Waals surface area contributed by atoms with E-state index in [9.17, 15) is 10.2 Å². The van der Waals surface area contributed by atoms with Gasteiger partial charge in [0.2, 0.25) is 0 Å². The van der Waals surface area contributed by atoms with Gasteiger partial charge in [-0.25, -0.2) is 0 Å². The highest BCUT2D eigenvalue weighted by Gasteiger charge is 2.45. The summed E-state index contributed by atoms with van der Waals surface area (Å²) in [6, 6.07) is 35.3. The van der Waals surface area contributed by atoms with E-state index in [1.54, 1.807) is 0 Å². The van der Waals surface area contributed by atoms with Crippen LogP contribution in [0.1, 0.15) is 48.1 Å². The third kappa shape index (κ3) is 4.37. The van der Waals surface area contributed by atoms with Gasteiger partial charge in [0.15, 0.2) is 11.5 Å². The normalized spacial score (nSPS) is 19.6. The fraction of sp³-hybridized carbons (Fsp3) is 0.273. The number of likely N-dealkylation sites (tertiary alicyclic amines) is 1. The molecule has 0 aliphatic carbocycles. The van der Waals surface area contributed by atoms with Gasteiger partial charge in [-0.1, -0.05) is 97.1 Å². The van der Waals surface area contributed by atoms with Crippen LogP contribution in [-0.2, 0) is 11.4 Å². The minimum Gasteiger partial charge on any atom is -0.440 e. The Morgan fingerprint density at radius 3 is 1.74 bits per heavy atom. The molecule has 2 unspecified atom stereocenters. The number of nitrogens with zero attached hydrogens (tertiary/aromatic N) is 1. The molecular weight excluding hydrogens is 474 g/mol. The Kier molecular flexibility index (Phi) is 6.44. The highest BCUT2D eigenvalue weighted by Crippen LogP contribution is 2.48. The summed E-state index contributed by atoms with van der Waals surface area (Å²) >= 11 is 0. The number of aliphatic hydroxyl groups excluding tert-OH is 1. The summed E-state index contributed by atoms with van der Waals surface area (Å²) in [7, 11) is 0. The van der Waals surface area contributed by atoms with Crippen LogP contribution in [0.15, 0.2) is 109 Å². The molecule has 2 N–H and O–H groups in total. The molecule has 38 heavy (non-hydrogen) atoms. The van der Waals surface area contributed by atoms with Crippen LogP contribution in [0.5, 0.6) is 11.5 Å². The van der Waals surface area contributed by atoms with E-state index in [0.717, 1.165) is 22.3 Å². The highest BCUT2D eigenvalue weighted by atomic mass is 16.7. The van der Waals surface area contributed by atoms with Crippen LogP contribution in [0.4, 0.5) is 0 Å². The Morgan fingerprint density at radius 2 is 1.18 bits per heavy atom. The Labute approximate surface area is 223 Å². The van der Waals surface area contributed by atoms with Crippen molar-refractivity contribution in [3.8, 4) is 11.5 Å². The second-order valence-electron chi connectivity index (χ2n) is 10.4. The molecule has 1 saturated heterocycles. The molecule has 2 atom stereocenters. The number of ether oxygens (including phenoxy) is 2. The third-order valence-corrected chi connectivity index (χ3v) is 8.09. The van der Waals surface area contributed by atoms with Crippen molar-refractivity contribution in [3.05, 3.63) is 131 Å². The summed E-state index contributed by atoms with van der Waals surface area (Å²) in [6.07, 6.45) is 0.549. The first-order valence-electron chi connectivity index (χ1n) is 13.3. The van der Waals surface area contributed by atoms with Gasteiger partial charge in [-0.15, -0.1) is 0 Å². The molecule has 0 saturated carbocycles. The number of aliphatic hydroxyl groups is 2. The second kappa shape index (κ2) is 9.91. The smallest absolute Gasteiger partial charge is 0.305 e. The lowest BCUT2D eigenvalue weighted by molar-refractivity contribution is -0.0503. The first-order valence-corrected chi connectivity index (χ1v) is 13.3. The van der Waals surface area contributed by atoms with Gasteiger partial charge in [0.1, 0.15) is 0 Å². The third-order valence-electron chi connectivity index (χ3n) is 8.09. The predicted octanol–water partition coefficient (Wildman–Crippen LogP) is 5.76. The highest BCUT2D eigenvalue weighted by molar-refractivity contribution is 5.51. The van der Waals surface area contributed by atoms with Crippen LogP contribution in [0.2, 0.25) is 0 Å². The standard InChI is InChI=1S/C33H33NO4/c1-24(34-21-19-32(36,20-22-34)26-11-5-2-6-12-26)31(35)25-17-18-29-30(23-25)38-33(37-29,27-13-7-3-8-14-27)28-15-9-4-10-16-28/h2-18,23-24,31,35-36H,19-22H2,1H3. The van der Waals surface area contributed by atoms with E-state index < -0.39 is 17.5 Å². The summed E-state index contributed by atoms with van der Waals surface area (Å²) in [6.45, 7) is 3.46. The van der Waals surface area contributed by atoms with Gasteiger partial charge >= 0.3 is 5.79 Å². The summed E-state index contributed by atoms with van der Waals surface area (Å²) in [5.74, 6) is 0.167. The summed E-state index contributed by atoms with van der Waals surface area (Å²) in [5, 5.41) is 22.6. The molecule has 2 heterocycles. The van der Waals surface area contributed by atoms with Crippen molar-refractivity contribution in [2.75, 3.05) is 13.1 Å². The lowest BCUT2D eigenvalue weighted by Crippen LogP contribution is -2.47. The first-order chi connectivity index (χ1) is 18.5. The molecule has 5 heteroatoms. The van der Waals surface area contributed by atoms with Gasteiger partial charge in [-0.05, 0) is 43.0 Å². The van der Waals surface area contributed by atoms with Gasteiger partial charge in [0.25, 0.3) is 0 Å². The van der Waals surface area contributed by atoms with E-state index in [0.29, 0.717) is 37.4 Å². The molecule has 4 aromatic rings. The van der Waals surface area contributed by atoms with Crippen LogP contribution in [-0.4, -0.2) is 34.2 Å². The van der Waals surface area contributed by atoms with Crippen LogP contribution in [0.3, 0.4) is 0 Å². The molecule has 0 radical (unpaired) electrons. The Balaban J connectivity index is 1.21. The lowest BCUT2D eigenvalue weighted by atomic mass is 9.83. The van der Waals surface area contributed by atoms with Crippen LogP contribution in [0, 0.1) is 0 Å². The maximum atomic E-state index is 11.4. The van der Waals surface area contributed by atoms with Gasteiger partial charge in [-0.2, -0.15) is 0 Å². The van der Waals surface area contributed by atoms with Crippen molar-refractivity contribution in [1.82, 2.24) is 4.90 Å². The number of fused-ring (bicyclic) bond motifs is 1. The fourth-order valence-electron chi connectivity index (χ4n) is 5.74. The average molecular weight is 508 g/mol. The number of piperidine rings is 1. The molecule has 0 bridgehead atoms. The molecule has 5 nitrogen and oxygen atoms in total. The quantitative estimate of drug-likeness (QED) is 0.347. The van der Waals surface area contributed by atoms with E-state index >= 15 is 0 Å². The number of benzene rings is 4. The van der Waals surface area contributed by atoms with Crippen molar-refractivity contribution in [2.45, 2.75) is 43.3 Å². The van der Waals surface area contributed by atoms with E-state index in [-0.39, 0.29) is 6.04 Å². The van der Waals surface area contributed by atoms with Crippen molar-refractivity contribution in [2.24, 2.45) is 0 Å². The van der Waals surface area contributed by atoms with Crippen LogP contribution in [0.25, 0.3) is 0 Å². The van der Waals surface area contributed by atoms with Gasteiger partial charge in [-0.3, -0.25) is 4.90 Å². The SMILES string of the molecule is CC(C(O)c1ccc2c(c1)OC(c1ccccc1)(c1ccccc1)O2)N1CCC(O)(c2ccccc2)CC1. The maximum Gasteiger partial charge on any atom is 0.305 e. The van der Waals surface area contributed by atoms with Crippen molar-refractivity contribution in [3.63, 3.8) is 0 Å². The molecule has 0 spiro atoms. The van der Waals surface area contributed by atoms with E-state index in [2.05, 4.69) is 4.90 Å². The minimum absolute atomic E-state index is 0.122. The first kappa shape index (κ1) is 24.7. The zero-order valence-corrected chi connectivity index (χ0v) is 21.5. The largest absolute Gasteiger partial charge is 0.440 e. The van der Waals surface area contributed by atoms with Crippen LogP contribution >= 0.6 is 0 Å². The van der Waals surface area contributed by atoms with Gasteiger partial charge in [0, 0.05) is 30.3 Å². The Hall–Kier alpha value is -3.64. The topological polar surface area (TPSA) is 62.2 Å². The molecule has 4 aromatic carbocycles. The monoisotopic (exact) mass is 507 g/mol. The van der Waals surface area contributed by atoms with Crippen molar-refractivity contribution < 1.29 is 19.7 Å². The number of rotatable bonds is 6. The van der Waals surface area contributed by atoms with Crippen molar-refractivity contribution in [1.29, 1.82) is 0 Å². The number of hydrogen-bond donors (Lipinski definition) is 2. The summed E-state index contributed by atoms with van der Waals surface area (Å²) in [5.41, 5.74) is 2.72. The number of hydrogen-bond acceptors (Lipinski definition) is 5. The summed E-state index contributed by atoms with van der Waals surface area (Å²) < 4.78 is 13.1. The predicted molar refractivity (Wildman–Crippen MR) is 147 cm³/mol. The van der Waals surface area contributed by atoms with Crippen molar-refractivity contribution >= 4 is 0 Å². The molecular formula is C33H33NO4. The Bertz CT molecular complexity index is 1330. The van der Waals surface area contributed by atoms with Gasteiger partial charge < -0.3 is 19.7 Å².